The molecule has 0 aromatic carbocycles. The standard InChI is InChI=1S/C25H43N5O5/c1-24(2,3)19(29-23(35)27-7)22(34)30-12-14-16(25(14,4)5)17(30)20(32)28-15(11-13-9-8-10-13)18(31)21(33)26-6/h13-19,31H,8-12H2,1-7H3,(H,26,33)(H,28,32)(H2,27,29,35)/t14-,15?,16-,17-,18?,19+/m0/s1. The van der Waals surface area contributed by atoms with E-state index in [-0.39, 0.29) is 29.1 Å². The first-order chi connectivity index (χ1) is 16.2. The number of likely N-dealkylation sites (N-methyl/N-ethyl adjacent to an activating group) is 1. The number of amides is 5. The van der Waals surface area contributed by atoms with Gasteiger partial charge in [-0.3, -0.25) is 14.4 Å². The summed E-state index contributed by atoms with van der Waals surface area (Å²) in [4.78, 5) is 53.3. The van der Waals surface area contributed by atoms with Gasteiger partial charge in [-0.2, -0.15) is 0 Å². The van der Waals surface area contributed by atoms with Crippen molar-refractivity contribution in [2.45, 2.75) is 84.5 Å². The van der Waals surface area contributed by atoms with Gasteiger partial charge in [0.1, 0.15) is 12.1 Å². The van der Waals surface area contributed by atoms with Crippen LogP contribution < -0.4 is 21.3 Å². The molecule has 10 heteroatoms. The van der Waals surface area contributed by atoms with Gasteiger partial charge in [-0.25, -0.2) is 4.79 Å². The molecular formula is C25H43N5O5. The molecule has 198 valence electrons. The second kappa shape index (κ2) is 9.95. The number of nitrogens with one attached hydrogen (secondary N) is 4. The second-order valence-electron chi connectivity index (χ2n) is 12.1. The van der Waals surface area contributed by atoms with Crippen LogP contribution in [0.1, 0.15) is 60.3 Å². The van der Waals surface area contributed by atoms with Crippen molar-refractivity contribution in [3.05, 3.63) is 0 Å². The summed E-state index contributed by atoms with van der Waals surface area (Å²) in [6.45, 7) is 10.2. The van der Waals surface area contributed by atoms with Gasteiger partial charge in [-0.05, 0) is 35.0 Å². The van der Waals surface area contributed by atoms with E-state index in [2.05, 4.69) is 35.1 Å². The molecule has 0 radical (unpaired) electrons. The third kappa shape index (κ3) is 5.42. The summed E-state index contributed by atoms with van der Waals surface area (Å²) >= 11 is 0. The van der Waals surface area contributed by atoms with Crippen LogP contribution in [-0.4, -0.2) is 78.6 Å². The van der Waals surface area contributed by atoms with Crippen LogP contribution in [0.15, 0.2) is 0 Å². The Morgan fingerprint density at radius 3 is 2.17 bits per heavy atom. The fourth-order valence-electron chi connectivity index (χ4n) is 5.78. The highest BCUT2D eigenvalue weighted by molar-refractivity contribution is 5.94. The van der Waals surface area contributed by atoms with Crippen LogP contribution in [0.2, 0.25) is 0 Å². The lowest BCUT2D eigenvalue weighted by Crippen LogP contribution is -2.61. The average molecular weight is 494 g/mol. The summed E-state index contributed by atoms with van der Waals surface area (Å²) < 4.78 is 0. The number of fused-ring (bicyclic) bond motifs is 1. The molecule has 1 saturated heterocycles. The molecule has 0 aromatic rings. The number of carbonyl (C=O) groups is 4. The molecule has 3 rings (SSSR count). The molecule has 35 heavy (non-hydrogen) atoms. The third-order valence-electron chi connectivity index (χ3n) is 8.41. The number of piperidine rings is 1. The predicted molar refractivity (Wildman–Crippen MR) is 131 cm³/mol. The minimum absolute atomic E-state index is 0.0198. The summed E-state index contributed by atoms with van der Waals surface area (Å²) in [6.07, 6.45) is 2.28. The van der Waals surface area contributed by atoms with Crippen LogP contribution in [0, 0.1) is 28.6 Å². The molecule has 2 aliphatic carbocycles. The van der Waals surface area contributed by atoms with Gasteiger partial charge in [0, 0.05) is 20.6 Å². The van der Waals surface area contributed by atoms with Crippen LogP contribution in [0.25, 0.3) is 0 Å². The smallest absolute Gasteiger partial charge is 0.315 e. The van der Waals surface area contributed by atoms with Gasteiger partial charge in [-0.15, -0.1) is 0 Å². The summed E-state index contributed by atoms with van der Waals surface area (Å²) in [6, 6.07) is -2.73. The summed E-state index contributed by atoms with van der Waals surface area (Å²) in [5.41, 5.74) is -0.664. The first-order valence-electron chi connectivity index (χ1n) is 12.7. The third-order valence-corrected chi connectivity index (χ3v) is 8.41. The molecule has 3 fully saturated rings. The van der Waals surface area contributed by atoms with Gasteiger partial charge in [0.05, 0.1) is 6.04 Å². The average Bonchev–Trinajstić information content (AvgIpc) is 3.10. The Morgan fingerprint density at radius 2 is 1.69 bits per heavy atom. The van der Waals surface area contributed by atoms with Gasteiger partial charge in [0.25, 0.3) is 5.91 Å². The van der Waals surface area contributed by atoms with Crippen LogP contribution in [0.5, 0.6) is 0 Å². The Hall–Kier alpha value is -2.36. The maximum absolute atomic E-state index is 13.7. The quantitative estimate of drug-likeness (QED) is 0.337. The lowest BCUT2D eigenvalue weighted by Gasteiger charge is -2.38. The lowest BCUT2D eigenvalue weighted by molar-refractivity contribution is -0.145. The zero-order chi connectivity index (χ0) is 26.3. The number of likely N-dealkylation sites (tertiary alicyclic amines) is 1. The van der Waals surface area contributed by atoms with Gasteiger partial charge in [0.15, 0.2) is 6.10 Å². The summed E-state index contributed by atoms with van der Waals surface area (Å²) in [5.74, 6) is -0.678. The normalized spacial score (nSPS) is 27.5. The van der Waals surface area contributed by atoms with Crippen molar-refractivity contribution >= 4 is 23.8 Å². The minimum atomic E-state index is -1.37. The van der Waals surface area contributed by atoms with Crippen molar-refractivity contribution in [3.63, 3.8) is 0 Å². The highest BCUT2D eigenvalue weighted by atomic mass is 16.3. The zero-order valence-electron chi connectivity index (χ0n) is 22.1. The summed E-state index contributed by atoms with van der Waals surface area (Å²) in [5, 5.41) is 21.3. The van der Waals surface area contributed by atoms with Crippen molar-refractivity contribution in [1.82, 2.24) is 26.2 Å². The maximum Gasteiger partial charge on any atom is 0.315 e. The lowest BCUT2D eigenvalue weighted by atomic mass is 9.79. The van der Waals surface area contributed by atoms with E-state index >= 15 is 0 Å². The molecule has 2 saturated carbocycles. The molecule has 5 amide bonds. The maximum atomic E-state index is 13.7. The monoisotopic (exact) mass is 493 g/mol. The van der Waals surface area contributed by atoms with Crippen molar-refractivity contribution in [1.29, 1.82) is 0 Å². The zero-order valence-corrected chi connectivity index (χ0v) is 22.1. The number of rotatable bonds is 8. The van der Waals surface area contributed by atoms with Gasteiger partial charge in [0.2, 0.25) is 11.8 Å². The molecule has 3 aliphatic rings. The Bertz CT molecular complexity index is 850. The Balaban J connectivity index is 1.84. The van der Waals surface area contributed by atoms with Crippen LogP contribution in [-0.2, 0) is 14.4 Å². The fourth-order valence-corrected chi connectivity index (χ4v) is 5.78. The highest BCUT2D eigenvalue weighted by Crippen LogP contribution is 2.65. The molecule has 2 unspecified atom stereocenters. The van der Waals surface area contributed by atoms with Crippen LogP contribution >= 0.6 is 0 Å². The summed E-state index contributed by atoms with van der Waals surface area (Å²) in [7, 11) is 2.94. The van der Waals surface area contributed by atoms with E-state index < -0.39 is 41.6 Å². The first-order valence-corrected chi connectivity index (χ1v) is 12.7. The van der Waals surface area contributed by atoms with Gasteiger partial charge < -0.3 is 31.3 Å². The number of carbonyl (C=O) groups excluding carboxylic acids is 4. The van der Waals surface area contributed by atoms with E-state index in [0.717, 1.165) is 19.3 Å². The molecule has 10 nitrogen and oxygen atoms in total. The van der Waals surface area contributed by atoms with Crippen molar-refractivity contribution in [2.24, 2.45) is 28.6 Å². The van der Waals surface area contributed by atoms with Gasteiger partial charge in [-0.1, -0.05) is 53.9 Å². The van der Waals surface area contributed by atoms with Crippen molar-refractivity contribution in [3.8, 4) is 0 Å². The van der Waals surface area contributed by atoms with E-state index in [1.165, 1.54) is 14.1 Å². The Kier molecular flexibility index (Phi) is 7.74. The van der Waals surface area contributed by atoms with Crippen LogP contribution in [0.4, 0.5) is 4.79 Å². The minimum Gasteiger partial charge on any atom is -0.381 e. The largest absolute Gasteiger partial charge is 0.381 e. The molecule has 6 atom stereocenters. The molecule has 1 aliphatic heterocycles. The van der Waals surface area contributed by atoms with Crippen LogP contribution in [0.3, 0.4) is 0 Å². The molecule has 0 bridgehead atoms. The van der Waals surface area contributed by atoms with E-state index in [1.54, 1.807) is 4.90 Å². The van der Waals surface area contributed by atoms with Crippen molar-refractivity contribution in [2.75, 3.05) is 20.6 Å². The van der Waals surface area contributed by atoms with E-state index in [1.807, 2.05) is 20.8 Å². The number of nitrogens with zero attached hydrogens (tertiary/aromatic N) is 1. The molecular weight excluding hydrogens is 450 g/mol. The molecule has 1 heterocycles. The van der Waals surface area contributed by atoms with Crippen molar-refractivity contribution < 1.29 is 24.3 Å². The molecule has 0 spiro atoms. The number of hydrogen-bond acceptors (Lipinski definition) is 5. The molecule has 5 N–H and O–H groups in total. The number of hydrogen-bond donors (Lipinski definition) is 5. The van der Waals surface area contributed by atoms with E-state index in [0.29, 0.717) is 18.9 Å². The Morgan fingerprint density at radius 1 is 1.06 bits per heavy atom. The second-order valence-corrected chi connectivity index (χ2v) is 12.1. The number of aliphatic hydroxyl groups excluding tert-OH is 1. The predicted octanol–water partition coefficient (Wildman–Crippen LogP) is 0.595. The highest BCUT2D eigenvalue weighted by Gasteiger charge is 2.69. The van der Waals surface area contributed by atoms with E-state index in [4.69, 9.17) is 0 Å². The topological polar surface area (TPSA) is 140 Å². The molecule has 0 aromatic heterocycles. The SMILES string of the molecule is CNC(=O)N[C@H](C(=O)N1C[C@H]2[C@@H]([C@H]1C(=O)NC(CC1CCC1)C(O)C(=O)NC)C2(C)C)C(C)(C)C. The van der Waals surface area contributed by atoms with Gasteiger partial charge >= 0.3 is 6.03 Å². The number of aliphatic hydroxyl groups is 1. The van der Waals surface area contributed by atoms with E-state index in [9.17, 15) is 24.3 Å². The fraction of sp³-hybridized carbons (Fsp3) is 0.840. The number of urea groups is 1. The Labute approximate surface area is 208 Å². The first kappa shape index (κ1) is 27.2.